The molecule has 0 fully saturated rings. The number of nitrogens with zero attached hydrogens (tertiary/aromatic N) is 4. The Morgan fingerprint density at radius 1 is 0.431 bits per heavy atom. The van der Waals surface area contributed by atoms with Crippen molar-refractivity contribution < 1.29 is 0 Å². The first-order valence-electron chi connectivity index (χ1n) is 17.2. The molecule has 0 aliphatic rings. The molecule has 0 aliphatic heterocycles. The summed E-state index contributed by atoms with van der Waals surface area (Å²) in [6.07, 6.45) is 0. The summed E-state index contributed by atoms with van der Waals surface area (Å²) in [5, 5.41) is 7.21. The molecule has 11 rings (SSSR count). The lowest BCUT2D eigenvalue weighted by molar-refractivity contribution is 1.16. The monoisotopic (exact) mass is 668 g/mol. The number of thiophene rings is 1. The van der Waals surface area contributed by atoms with Crippen molar-refractivity contribution in [2.45, 2.75) is 0 Å². The molecule has 238 valence electrons. The summed E-state index contributed by atoms with van der Waals surface area (Å²) >= 11 is 1.73. The summed E-state index contributed by atoms with van der Waals surface area (Å²) < 4.78 is 6.05. The summed E-state index contributed by atoms with van der Waals surface area (Å²) in [5.41, 5.74) is 9.93. The first-order valence-corrected chi connectivity index (χ1v) is 18.0. The van der Waals surface area contributed by atoms with Crippen LogP contribution in [0.25, 0.3) is 97.9 Å². The predicted octanol–water partition coefficient (Wildman–Crippen LogP) is 12.4. The van der Waals surface area contributed by atoms with Crippen LogP contribution in [0, 0.1) is 0 Å². The minimum absolute atomic E-state index is 0.732. The Morgan fingerprint density at radius 3 is 1.78 bits per heavy atom. The van der Waals surface area contributed by atoms with Crippen molar-refractivity contribution in [3.8, 4) is 34.0 Å². The van der Waals surface area contributed by atoms with Crippen LogP contribution in [0.3, 0.4) is 0 Å². The SMILES string of the molecule is c1ccc(-c2nc(-c3ccccc3-n3c4ccccc4c4cc5c6ccccc6n(-c6ccccc6)c5cc43)c3c(n2)sc2ccccc23)cc1. The van der Waals surface area contributed by atoms with Crippen molar-refractivity contribution in [1.82, 2.24) is 19.1 Å². The maximum Gasteiger partial charge on any atom is 0.161 e. The third-order valence-electron chi connectivity index (χ3n) is 10.2. The van der Waals surface area contributed by atoms with Crippen LogP contribution in [0.4, 0.5) is 0 Å². The minimum atomic E-state index is 0.732. The molecule has 4 aromatic heterocycles. The van der Waals surface area contributed by atoms with Gasteiger partial charge in [0.1, 0.15) is 4.83 Å². The van der Waals surface area contributed by atoms with E-state index in [2.05, 4.69) is 173 Å². The van der Waals surface area contributed by atoms with Crippen molar-refractivity contribution in [3.63, 3.8) is 0 Å². The molecule has 0 radical (unpaired) electrons. The first kappa shape index (κ1) is 28.3. The molecule has 4 nitrogen and oxygen atoms in total. The Hall–Kier alpha value is -6.56. The third-order valence-corrected chi connectivity index (χ3v) is 11.2. The van der Waals surface area contributed by atoms with Gasteiger partial charge in [-0.25, -0.2) is 9.97 Å². The Labute approximate surface area is 297 Å². The normalized spacial score (nSPS) is 11.9. The number of para-hydroxylation sites is 4. The second-order valence-corrected chi connectivity index (χ2v) is 14.0. The van der Waals surface area contributed by atoms with E-state index in [0.29, 0.717) is 0 Å². The molecule has 0 bridgehead atoms. The zero-order valence-electron chi connectivity index (χ0n) is 27.4. The standard InChI is InChI=1S/C46H28N4S/c1-3-15-29(16-4-1)45-47-44(43-34-22-10-14-26-42(34)51-46(43)48-45)33-21-9-13-25-39(33)50-38-24-12-8-20-32(38)36-27-35-31-19-7-11-23-37(31)49(40(35)28-41(36)50)30-17-5-2-6-18-30/h1-28H. The highest BCUT2D eigenvalue weighted by Gasteiger charge is 2.23. The molecular weight excluding hydrogens is 641 g/mol. The van der Waals surface area contributed by atoms with Gasteiger partial charge in [0, 0.05) is 53.8 Å². The number of hydrogen-bond donors (Lipinski definition) is 0. The van der Waals surface area contributed by atoms with E-state index in [0.717, 1.165) is 55.3 Å². The molecule has 11 aromatic rings. The van der Waals surface area contributed by atoms with Gasteiger partial charge in [0.15, 0.2) is 5.82 Å². The van der Waals surface area contributed by atoms with Crippen LogP contribution in [-0.4, -0.2) is 19.1 Å². The molecule has 51 heavy (non-hydrogen) atoms. The van der Waals surface area contributed by atoms with Gasteiger partial charge >= 0.3 is 0 Å². The highest BCUT2D eigenvalue weighted by atomic mass is 32.1. The minimum Gasteiger partial charge on any atom is -0.309 e. The van der Waals surface area contributed by atoms with E-state index in [4.69, 9.17) is 9.97 Å². The van der Waals surface area contributed by atoms with Crippen molar-refractivity contribution in [1.29, 1.82) is 0 Å². The lowest BCUT2D eigenvalue weighted by Gasteiger charge is -2.15. The van der Waals surface area contributed by atoms with E-state index in [1.165, 1.54) is 42.7 Å². The second kappa shape index (κ2) is 11.0. The van der Waals surface area contributed by atoms with E-state index in [1.807, 2.05) is 6.07 Å². The summed E-state index contributed by atoms with van der Waals surface area (Å²) in [6, 6.07) is 60.6. The summed E-state index contributed by atoms with van der Waals surface area (Å²) in [4.78, 5) is 11.5. The summed E-state index contributed by atoms with van der Waals surface area (Å²) in [7, 11) is 0. The maximum absolute atomic E-state index is 5.41. The van der Waals surface area contributed by atoms with Crippen LogP contribution in [-0.2, 0) is 0 Å². The van der Waals surface area contributed by atoms with Crippen LogP contribution in [0.1, 0.15) is 0 Å². The highest BCUT2D eigenvalue weighted by Crippen LogP contribution is 2.44. The lowest BCUT2D eigenvalue weighted by atomic mass is 10.0. The maximum atomic E-state index is 5.41. The van der Waals surface area contributed by atoms with E-state index in [9.17, 15) is 0 Å². The van der Waals surface area contributed by atoms with Crippen LogP contribution in [0.5, 0.6) is 0 Å². The summed E-state index contributed by atoms with van der Waals surface area (Å²) in [6.45, 7) is 0. The van der Waals surface area contributed by atoms with Gasteiger partial charge in [0.2, 0.25) is 0 Å². The van der Waals surface area contributed by atoms with Crippen LogP contribution in [0.2, 0.25) is 0 Å². The molecule has 7 aromatic carbocycles. The Bertz CT molecular complexity index is 3130. The molecule has 0 saturated heterocycles. The molecule has 4 heterocycles. The molecular formula is C46H28N4S. The van der Waals surface area contributed by atoms with Crippen LogP contribution >= 0.6 is 11.3 Å². The average Bonchev–Trinajstić information content (AvgIpc) is 3.84. The zero-order valence-corrected chi connectivity index (χ0v) is 28.2. The number of rotatable bonds is 4. The summed E-state index contributed by atoms with van der Waals surface area (Å²) in [5.74, 6) is 0.732. The quantitative estimate of drug-likeness (QED) is 0.187. The Morgan fingerprint density at radius 2 is 1.02 bits per heavy atom. The molecule has 0 spiro atoms. The van der Waals surface area contributed by atoms with Crippen LogP contribution in [0.15, 0.2) is 170 Å². The molecule has 0 N–H and O–H groups in total. The van der Waals surface area contributed by atoms with Crippen molar-refractivity contribution in [3.05, 3.63) is 170 Å². The average molecular weight is 669 g/mol. The van der Waals surface area contributed by atoms with Crippen LogP contribution < -0.4 is 0 Å². The molecule has 0 unspecified atom stereocenters. The van der Waals surface area contributed by atoms with E-state index >= 15 is 0 Å². The third kappa shape index (κ3) is 4.19. The highest BCUT2D eigenvalue weighted by molar-refractivity contribution is 7.25. The topological polar surface area (TPSA) is 35.6 Å². The van der Waals surface area contributed by atoms with Gasteiger partial charge in [-0.2, -0.15) is 0 Å². The fraction of sp³-hybridized carbons (Fsp3) is 0. The molecule has 0 saturated carbocycles. The molecule has 5 heteroatoms. The zero-order chi connectivity index (χ0) is 33.5. The van der Waals surface area contributed by atoms with Gasteiger partial charge in [-0.15, -0.1) is 11.3 Å². The Balaban J connectivity index is 1.27. The number of benzene rings is 7. The Kier molecular flexibility index (Phi) is 6.09. The number of fused-ring (bicyclic) bond motifs is 9. The molecule has 0 atom stereocenters. The number of hydrogen-bond acceptors (Lipinski definition) is 3. The van der Waals surface area contributed by atoms with E-state index < -0.39 is 0 Å². The smallest absolute Gasteiger partial charge is 0.161 e. The number of aromatic nitrogens is 4. The van der Waals surface area contributed by atoms with E-state index in [1.54, 1.807) is 11.3 Å². The van der Waals surface area contributed by atoms with Crippen molar-refractivity contribution in [2.75, 3.05) is 0 Å². The first-order chi connectivity index (χ1) is 25.3. The van der Waals surface area contributed by atoms with Gasteiger partial charge in [0.05, 0.1) is 33.4 Å². The second-order valence-electron chi connectivity index (χ2n) is 13.0. The molecule has 0 aliphatic carbocycles. The van der Waals surface area contributed by atoms with Gasteiger partial charge in [-0.1, -0.05) is 121 Å². The predicted molar refractivity (Wildman–Crippen MR) is 214 cm³/mol. The van der Waals surface area contributed by atoms with Gasteiger partial charge in [0.25, 0.3) is 0 Å². The fourth-order valence-electron chi connectivity index (χ4n) is 7.95. The van der Waals surface area contributed by atoms with Gasteiger partial charge in [-0.05, 0) is 48.5 Å². The van der Waals surface area contributed by atoms with E-state index in [-0.39, 0.29) is 0 Å². The van der Waals surface area contributed by atoms with Gasteiger partial charge < -0.3 is 9.13 Å². The lowest BCUT2D eigenvalue weighted by Crippen LogP contribution is -2.00. The van der Waals surface area contributed by atoms with Crippen molar-refractivity contribution >= 4 is 75.3 Å². The molecule has 0 amide bonds. The largest absolute Gasteiger partial charge is 0.309 e. The fourth-order valence-corrected chi connectivity index (χ4v) is 9.02. The van der Waals surface area contributed by atoms with Gasteiger partial charge in [-0.3, -0.25) is 0 Å². The van der Waals surface area contributed by atoms with Crippen molar-refractivity contribution in [2.24, 2.45) is 0 Å².